The number of ether oxygens (including phenoxy) is 3. The van der Waals surface area contributed by atoms with Crippen LogP contribution >= 0.6 is 11.6 Å². The number of cyclic esters (lactones) is 1. The first-order chi connectivity index (χ1) is 19.3. The first-order valence-electron chi connectivity index (χ1n) is 15.1. The molecule has 2 heterocycles. The molecule has 2 aliphatic rings. The van der Waals surface area contributed by atoms with Gasteiger partial charge in [-0.3, -0.25) is 9.59 Å². The van der Waals surface area contributed by atoms with Crippen molar-refractivity contribution in [1.29, 1.82) is 0 Å². The van der Waals surface area contributed by atoms with Crippen LogP contribution in [0.4, 0.5) is 0 Å². The molecule has 246 valence electrons. The van der Waals surface area contributed by atoms with Crippen molar-refractivity contribution in [3.05, 3.63) is 0 Å². The Morgan fingerprint density at radius 3 is 2.19 bits per heavy atom. The summed E-state index contributed by atoms with van der Waals surface area (Å²) in [6.07, 6.45) is -6.21. The number of rotatable bonds is 5. The Bertz CT molecular complexity index is 903. The summed E-state index contributed by atoms with van der Waals surface area (Å²) >= 11 is 5.78. The average molecular weight is 624 g/mol. The molecule has 0 bridgehead atoms. The summed E-state index contributed by atoms with van der Waals surface area (Å²) in [5.41, 5.74) is -3.53. The molecule has 1 amide bonds. The van der Waals surface area contributed by atoms with Crippen LogP contribution in [0.2, 0.25) is 0 Å². The second kappa shape index (κ2) is 14.8. The Labute approximate surface area is 255 Å². The van der Waals surface area contributed by atoms with Crippen molar-refractivity contribution in [2.45, 2.75) is 141 Å². The van der Waals surface area contributed by atoms with Crippen molar-refractivity contribution >= 4 is 23.5 Å². The van der Waals surface area contributed by atoms with Crippen molar-refractivity contribution in [3.8, 4) is 0 Å². The van der Waals surface area contributed by atoms with Crippen LogP contribution in [0.1, 0.15) is 81.1 Å². The molecule has 0 aliphatic carbocycles. The zero-order valence-electron chi connectivity index (χ0n) is 26.6. The van der Waals surface area contributed by atoms with E-state index in [0.717, 1.165) is 0 Å². The molecule has 2 saturated heterocycles. The minimum atomic E-state index is -1.89. The van der Waals surface area contributed by atoms with Crippen molar-refractivity contribution < 1.29 is 49.3 Å². The molecule has 0 aromatic heterocycles. The highest BCUT2D eigenvalue weighted by Gasteiger charge is 2.50. The third-order valence-corrected chi connectivity index (χ3v) is 9.78. The van der Waals surface area contributed by atoms with Gasteiger partial charge in [-0.2, -0.15) is 0 Å². The maximum Gasteiger partial charge on any atom is 0.311 e. The van der Waals surface area contributed by atoms with Gasteiger partial charge in [-0.1, -0.05) is 27.7 Å². The van der Waals surface area contributed by atoms with Crippen molar-refractivity contribution in [1.82, 2.24) is 4.90 Å². The van der Waals surface area contributed by atoms with Crippen LogP contribution in [0, 0.1) is 23.7 Å². The topological polar surface area (TPSA) is 166 Å². The van der Waals surface area contributed by atoms with E-state index in [1.807, 2.05) is 6.92 Å². The molecule has 12 heteroatoms. The molecule has 2 fully saturated rings. The summed E-state index contributed by atoms with van der Waals surface area (Å²) in [4.78, 5) is 27.1. The fraction of sp³-hybridized carbons (Fsp3) is 0.933. The maximum atomic E-state index is 13.2. The first-order valence-corrected chi connectivity index (χ1v) is 15.6. The van der Waals surface area contributed by atoms with E-state index in [1.54, 1.807) is 39.6 Å². The second-order valence-electron chi connectivity index (χ2n) is 13.2. The Balaban J connectivity index is 2.49. The summed E-state index contributed by atoms with van der Waals surface area (Å²) in [6.45, 7) is 12.9. The van der Waals surface area contributed by atoms with Gasteiger partial charge in [-0.15, -0.1) is 11.6 Å². The van der Waals surface area contributed by atoms with Crippen LogP contribution in [0.25, 0.3) is 0 Å². The van der Waals surface area contributed by atoms with Crippen molar-refractivity contribution in [2.75, 3.05) is 12.9 Å². The van der Waals surface area contributed by atoms with Gasteiger partial charge >= 0.3 is 5.97 Å². The van der Waals surface area contributed by atoms with E-state index >= 15 is 0 Å². The van der Waals surface area contributed by atoms with E-state index < -0.39 is 77.7 Å². The van der Waals surface area contributed by atoms with Gasteiger partial charge in [0.1, 0.15) is 17.6 Å². The number of alkyl halides is 1. The van der Waals surface area contributed by atoms with E-state index in [0.29, 0.717) is 12.8 Å². The molecular weight excluding hydrogens is 570 g/mol. The van der Waals surface area contributed by atoms with Gasteiger partial charge in [0.25, 0.3) is 0 Å². The lowest BCUT2D eigenvalue weighted by atomic mass is 9.73. The van der Waals surface area contributed by atoms with Crippen LogP contribution in [-0.4, -0.2) is 115 Å². The smallest absolute Gasteiger partial charge is 0.311 e. The lowest BCUT2D eigenvalue weighted by Gasteiger charge is -2.46. The number of carbonyl (C=O) groups excluding carboxylic acids is 2. The van der Waals surface area contributed by atoms with Crippen molar-refractivity contribution in [3.63, 3.8) is 0 Å². The fourth-order valence-electron chi connectivity index (χ4n) is 6.73. The number of aliphatic hydroxyl groups is 5. The summed E-state index contributed by atoms with van der Waals surface area (Å²) < 4.78 is 18.1. The standard InChI is InChI=1S/C30H54ClNO10/c1-10-21-30(8,39)26(36)17(4)24(34)15(2)13-29(7,38)27(18(5)25(35)19(6)28(37)41-21)42-23-12-20(11-16(3)40-23)32(9)22(33)14-31/h15-21,23-27,34-36,38-39H,10-14H2,1-9H3/t15-,16+,17+,18-,19+,20?,21+,23-,24-,25-,26-,27-,29+,30?/m0/s1. The van der Waals surface area contributed by atoms with Gasteiger partial charge in [0.15, 0.2) is 6.29 Å². The van der Waals surface area contributed by atoms with Crippen LogP contribution in [0.15, 0.2) is 0 Å². The highest BCUT2D eigenvalue weighted by Crippen LogP contribution is 2.38. The number of aliphatic hydroxyl groups excluding tert-OH is 3. The predicted octanol–water partition coefficient (Wildman–Crippen LogP) is 1.82. The fourth-order valence-corrected chi connectivity index (χ4v) is 6.92. The van der Waals surface area contributed by atoms with Crippen LogP contribution in [0.3, 0.4) is 0 Å². The Morgan fingerprint density at radius 1 is 1.05 bits per heavy atom. The monoisotopic (exact) mass is 623 g/mol. The lowest BCUT2D eigenvalue weighted by molar-refractivity contribution is -0.268. The number of carbonyl (C=O) groups is 2. The highest BCUT2D eigenvalue weighted by molar-refractivity contribution is 6.27. The normalized spacial score (nSPS) is 46.4. The van der Waals surface area contributed by atoms with Gasteiger partial charge in [0.2, 0.25) is 5.91 Å². The summed E-state index contributed by atoms with van der Waals surface area (Å²) in [5, 5.41) is 56.9. The molecule has 0 radical (unpaired) electrons. The second-order valence-corrected chi connectivity index (χ2v) is 13.5. The van der Waals surface area contributed by atoms with Crippen LogP contribution in [-0.2, 0) is 23.8 Å². The number of halogens is 1. The van der Waals surface area contributed by atoms with Gasteiger partial charge in [0, 0.05) is 31.3 Å². The van der Waals surface area contributed by atoms with Crippen LogP contribution in [0.5, 0.6) is 0 Å². The summed E-state index contributed by atoms with van der Waals surface area (Å²) in [5.74, 6) is -4.50. The Kier molecular flexibility index (Phi) is 13.1. The minimum absolute atomic E-state index is 0.00146. The van der Waals surface area contributed by atoms with Crippen molar-refractivity contribution in [2.24, 2.45) is 23.7 Å². The third kappa shape index (κ3) is 8.35. The quantitative estimate of drug-likeness (QED) is 0.225. The van der Waals surface area contributed by atoms with Crippen LogP contribution < -0.4 is 0 Å². The van der Waals surface area contributed by atoms with E-state index in [1.165, 1.54) is 20.8 Å². The zero-order chi connectivity index (χ0) is 32.3. The number of hydrogen-bond acceptors (Lipinski definition) is 10. The molecule has 2 unspecified atom stereocenters. The number of amides is 1. The summed E-state index contributed by atoms with van der Waals surface area (Å²) in [7, 11) is 1.67. The molecule has 2 aliphatic heterocycles. The lowest BCUT2D eigenvalue weighted by Crippen LogP contribution is -2.58. The number of esters is 1. The Hall–Kier alpha value is -1.05. The van der Waals surface area contributed by atoms with Gasteiger partial charge in [0.05, 0.1) is 42.0 Å². The zero-order valence-corrected chi connectivity index (χ0v) is 27.3. The molecule has 0 aromatic carbocycles. The molecule has 2 rings (SSSR count). The molecule has 42 heavy (non-hydrogen) atoms. The highest BCUT2D eigenvalue weighted by atomic mass is 35.5. The number of nitrogens with zero attached hydrogens (tertiary/aromatic N) is 1. The average Bonchev–Trinajstić information content (AvgIpc) is 2.93. The molecule has 0 spiro atoms. The third-order valence-electron chi connectivity index (χ3n) is 9.55. The molecule has 11 nitrogen and oxygen atoms in total. The van der Waals surface area contributed by atoms with Gasteiger partial charge in [-0.25, -0.2) is 0 Å². The van der Waals surface area contributed by atoms with E-state index in [-0.39, 0.29) is 36.8 Å². The maximum absolute atomic E-state index is 13.2. The SMILES string of the molecule is CC[C@H]1OC(=O)[C@H](C)[C@@H](O)[C@H](C)[C@H](O[C@H]2CC(N(C)C(=O)CCl)C[C@@H](C)O2)[C@](C)(O)C[C@H](C)[C@H](O)[C@@H](C)[C@H](O)C1(C)O. The first kappa shape index (κ1) is 37.1. The molecule has 14 atom stereocenters. The number of hydrogen-bond donors (Lipinski definition) is 5. The predicted molar refractivity (Wildman–Crippen MR) is 156 cm³/mol. The van der Waals surface area contributed by atoms with Gasteiger partial charge < -0.3 is 44.6 Å². The molecule has 0 saturated carbocycles. The minimum Gasteiger partial charge on any atom is -0.459 e. The molecule has 0 aromatic rings. The molecular formula is C30H54ClNO10. The van der Waals surface area contributed by atoms with E-state index in [9.17, 15) is 35.1 Å². The van der Waals surface area contributed by atoms with E-state index in [2.05, 4.69) is 0 Å². The van der Waals surface area contributed by atoms with Gasteiger partial charge in [-0.05, 0) is 52.9 Å². The van der Waals surface area contributed by atoms with E-state index in [4.69, 9.17) is 25.8 Å². The Morgan fingerprint density at radius 2 is 1.64 bits per heavy atom. The summed E-state index contributed by atoms with van der Waals surface area (Å²) in [6, 6.07) is -0.232. The molecule has 5 N–H and O–H groups in total. The largest absolute Gasteiger partial charge is 0.459 e.